The molecule has 1 aliphatic heterocycles. The standard InChI is InChI=1S/C16H21N3O/c1-16(2,11-20)14-8-15(17-18(14)3)19-9-12-6-4-5-7-13(12)10-19/h4-8,20H,9-11H2,1-3H3. The van der Waals surface area contributed by atoms with Crippen LogP contribution in [0.15, 0.2) is 30.3 Å². The Labute approximate surface area is 119 Å². The number of anilines is 1. The molecular weight excluding hydrogens is 250 g/mol. The number of nitrogens with zero attached hydrogens (tertiary/aromatic N) is 3. The Kier molecular flexibility index (Phi) is 3.05. The molecule has 1 N–H and O–H groups in total. The van der Waals surface area contributed by atoms with Gasteiger partial charge in [0.2, 0.25) is 0 Å². The summed E-state index contributed by atoms with van der Waals surface area (Å²) in [5, 5.41) is 14.2. The average Bonchev–Trinajstić information content (AvgIpc) is 3.02. The molecule has 3 rings (SSSR count). The average molecular weight is 271 g/mol. The Hall–Kier alpha value is -1.81. The first kappa shape index (κ1) is 13.2. The molecule has 1 aromatic heterocycles. The van der Waals surface area contributed by atoms with Crippen LogP contribution in [0.3, 0.4) is 0 Å². The van der Waals surface area contributed by atoms with Crippen LogP contribution in [0.2, 0.25) is 0 Å². The van der Waals surface area contributed by atoms with Crippen LogP contribution in [0.5, 0.6) is 0 Å². The molecule has 0 saturated heterocycles. The maximum atomic E-state index is 9.53. The highest BCUT2D eigenvalue weighted by Crippen LogP contribution is 2.30. The summed E-state index contributed by atoms with van der Waals surface area (Å²) in [6.07, 6.45) is 0. The molecule has 20 heavy (non-hydrogen) atoms. The van der Waals surface area contributed by atoms with E-state index in [1.165, 1.54) is 11.1 Å². The van der Waals surface area contributed by atoms with E-state index < -0.39 is 0 Å². The van der Waals surface area contributed by atoms with Gasteiger partial charge in [0.1, 0.15) is 0 Å². The van der Waals surface area contributed by atoms with Gasteiger partial charge < -0.3 is 10.0 Å². The monoisotopic (exact) mass is 271 g/mol. The van der Waals surface area contributed by atoms with Gasteiger partial charge in [0.15, 0.2) is 5.82 Å². The van der Waals surface area contributed by atoms with Gasteiger partial charge >= 0.3 is 0 Å². The van der Waals surface area contributed by atoms with Crippen LogP contribution >= 0.6 is 0 Å². The van der Waals surface area contributed by atoms with E-state index in [1.807, 2.05) is 25.6 Å². The number of hydrogen-bond donors (Lipinski definition) is 1. The first-order chi connectivity index (χ1) is 9.51. The van der Waals surface area contributed by atoms with Crippen molar-refractivity contribution in [3.63, 3.8) is 0 Å². The van der Waals surface area contributed by atoms with Crippen molar-refractivity contribution in [2.75, 3.05) is 11.5 Å². The van der Waals surface area contributed by atoms with Crippen molar-refractivity contribution in [3.05, 3.63) is 47.2 Å². The van der Waals surface area contributed by atoms with Gasteiger partial charge in [0.25, 0.3) is 0 Å². The second-order valence-corrected chi connectivity index (χ2v) is 6.18. The SMILES string of the molecule is Cn1nc(N2Cc3ccccc3C2)cc1C(C)(C)CO. The number of aliphatic hydroxyl groups excluding tert-OH is 1. The zero-order valence-corrected chi connectivity index (χ0v) is 12.3. The molecule has 0 radical (unpaired) electrons. The summed E-state index contributed by atoms with van der Waals surface area (Å²) in [7, 11) is 1.94. The van der Waals surface area contributed by atoms with Crippen molar-refractivity contribution < 1.29 is 5.11 Å². The molecule has 0 amide bonds. The highest BCUT2D eigenvalue weighted by atomic mass is 16.3. The van der Waals surface area contributed by atoms with Crippen LogP contribution < -0.4 is 4.90 Å². The van der Waals surface area contributed by atoms with Crippen molar-refractivity contribution in [2.24, 2.45) is 7.05 Å². The van der Waals surface area contributed by atoms with Gasteiger partial charge in [0, 0.05) is 37.3 Å². The molecule has 0 aliphatic carbocycles. The predicted molar refractivity (Wildman–Crippen MR) is 79.6 cm³/mol. The number of fused-ring (bicyclic) bond motifs is 1. The lowest BCUT2D eigenvalue weighted by atomic mass is 9.90. The number of rotatable bonds is 3. The van der Waals surface area contributed by atoms with E-state index in [4.69, 9.17) is 0 Å². The Morgan fingerprint density at radius 1 is 1.20 bits per heavy atom. The third kappa shape index (κ3) is 2.10. The lowest BCUT2D eigenvalue weighted by molar-refractivity contribution is 0.211. The van der Waals surface area contributed by atoms with Crippen LogP contribution in [0, 0.1) is 0 Å². The lowest BCUT2D eigenvalue weighted by Crippen LogP contribution is -2.25. The van der Waals surface area contributed by atoms with Gasteiger partial charge in [-0.05, 0) is 11.1 Å². The number of benzene rings is 1. The second-order valence-electron chi connectivity index (χ2n) is 6.18. The van der Waals surface area contributed by atoms with E-state index in [-0.39, 0.29) is 12.0 Å². The molecule has 4 heteroatoms. The van der Waals surface area contributed by atoms with E-state index in [9.17, 15) is 5.11 Å². The first-order valence-corrected chi connectivity index (χ1v) is 6.98. The van der Waals surface area contributed by atoms with Gasteiger partial charge in [-0.3, -0.25) is 4.68 Å². The number of aliphatic hydroxyl groups is 1. The molecule has 0 fully saturated rings. The van der Waals surface area contributed by atoms with Gasteiger partial charge in [-0.25, -0.2) is 0 Å². The maximum absolute atomic E-state index is 9.53. The van der Waals surface area contributed by atoms with Crippen LogP contribution in [0.4, 0.5) is 5.82 Å². The molecule has 2 heterocycles. The normalized spacial score (nSPS) is 14.7. The van der Waals surface area contributed by atoms with Crippen molar-refractivity contribution in [1.82, 2.24) is 9.78 Å². The predicted octanol–water partition coefficient (Wildman–Crippen LogP) is 2.21. The van der Waals surface area contributed by atoms with Gasteiger partial charge in [-0.1, -0.05) is 38.1 Å². The summed E-state index contributed by atoms with van der Waals surface area (Å²) >= 11 is 0. The largest absolute Gasteiger partial charge is 0.395 e. The molecule has 0 spiro atoms. The fourth-order valence-corrected chi connectivity index (χ4v) is 2.82. The van der Waals surface area contributed by atoms with Crippen molar-refractivity contribution in [1.29, 1.82) is 0 Å². The van der Waals surface area contributed by atoms with Gasteiger partial charge in [0.05, 0.1) is 6.61 Å². The number of aryl methyl sites for hydroxylation is 1. The van der Waals surface area contributed by atoms with Crippen LogP contribution in [0.1, 0.15) is 30.7 Å². The highest BCUT2D eigenvalue weighted by Gasteiger charge is 2.27. The summed E-state index contributed by atoms with van der Waals surface area (Å²) in [6.45, 7) is 6.00. The Bertz CT molecular complexity index is 605. The maximum Gasteiger partial charge on any atom is 0.151 e. The summed E-state index contributed by atoms with van der Waals surface area (Å²) in [5.74, 6) is 0.986. The molecule has 0 atom stereocenters. The molecular formula is C16H21N3O. The highest BCUT2D eigenvalue weighted by molar-refractivity contribution is 5.48. The third-order valence-electron chi connectivity index (χ3n) is 4.12. The fourth-order valence-electron chi connectivity index (χ4n) is 2.82. The van der Waals surface area contributed by atoms with Gasteiger partial charge in [-0.15, -0.1) is 0 Å². The third-order valence-corrected chi connectivity index (χ3v) is 4.12. The molecule has 0 unspecified atom stereocenters. The Morgan fingerprint density at radius 2 is 1.80 bits per heavy atom. The Balaban J connectivity index is 1.89. The second kappa shape index (κ2) is 4.63. The summed E-state index contributed by atoms with van der Waals surface area (Å²) in [4.78, 5) is 2.28. The van der Waals surface area contributed by atoms with Crippen molar-refractivity contribution in [2.45, 2.75) is 32.4 Å². The summed E-state index contributed by atoms with van der Waals surface area (Å²) in [5.41, 5.74) is 3.54. The summed E-state index contributed by atoms with van der Waals surface area (Å²) < 4.78 is 1.88. The molecule has 106 valence electrons. The number of aromatic nitrogens is 2. The summed E-state index contributed by atoms with van der Waals surface area (Å²) in [6, 6.07) is 10.6. The molecule has 0 saturated carbocycles. The minimum atomic E-state index is -0.271. The van der Waals surface area contributed by atoms with E-state index >= 15 is 0 Å². The van der Waals surface area contributed by atoms with Crippen LogP contribution in [-0.2, 0) is 25.6 Å². The molecule has 1 aromatic carbocycles. The first-order valence-electron chi connectivity index (χ1n) is 6.98. The molecule has 2 aromatic rings. The van der Waals surface area contributed by atoms with Crippen molar-refractivity contribution in [3.8, 4) is 0 Å². The Morgan fingerprint density at radius 3 is 2.35 bits per heavy atom. The molecule has 0 bridgehead atoms. The zero-order valence-electron chi connectivity index (χ0n) is 12.3. The van der Waals surface area contributed by atoms with E-state index in [1.54, 1.807) is 0 Å². The lowest BCUT2D eigenvalue weighted by Gasteiger charge is -2.21. The van der Waals surface area contributed by atoms with E-state index in [2.05, 4.69) is 40.3 Å². The quantitative estimate of drug-likeness (QED) is 0.930. The van der Waals surface area contributed by atoms with Crippen LogP contribution in [0.25, 0.3) is 0 Å². The van der Waals surface area contributed by atoms with Crippen LogP contribution in [-0.4, -0.2) is 21.5 Å². The molecule has 4 nitrogen and oxygen atoms in total. The smallest absolute Gasteiger partial charge is 0.151 e. The van der Waals surface area contributed by atoms with E-state index in [0.29, 0.717) is 0 Å². The minimum absolute atomic E-state index is 0.117. The topological polar surface area (TPSA) is 41.3 Å². The molecule has 1 aliphatic rings. The van der Waals surface area contributed by atoms with Crippen molar-refractivity contribution >= 4 is 5.82 Å². The van der Waals surface area contributed by atoms with Gasteiger partial charge in [-0.2, -0.15) is 5.10 Å². The number of hydrogen-bond acceptors (Lipinski definition) is 3. The van der Waals surface area contributed by atoms with E-state index in [0.717, 1.165) is 24.6 Å². The minimum Gasteiger partial charge on any atom is -0.395 e. The zero-order chi connectivity index (χ0) is 14.3. The fraction of sp³-hybridized carbons (Fsp3) is 0.438.